The minimum Gasteiger partial charge on any atom is -0.366 e. The molecule has 1 unspecified atom stereocenters. The molecule has 2 N–H and O–H groups in total. The van der Waals surface area contributed by atoms with Gasteiger partial charge in [-0.2, -0.15) is 5.26 Å². The highest BCUT2D eigenvalue weighted by atomic mass is 19.1. The lowest BCUT2D eigenvalue weighted by Gasteiger charge is -2.20. The number of halogens is 2. The summed E-state index contributed by atoms with van der Waals surface area (Å²) in [5, 5.41) is 8.61. The summed E-state index contributed by atoms with van der Waals surface area (Å²) in [7, 11) is 0. The van der Waals surface area contributed by atoms with Crippen molar-refractivity contribution < 1.29 is 8.78 Å². The van der Waals surface area contributed by atoms with Gasteiger partial charge in [0.25, 0.3) is 0 Å². The SMILES string of the molecule is N#Cc1cc(F)c(N2CCC(CN)C2)c(F)c1. The van der Waals surface area contributed by atoms with Crippen LogP contribution in [0.5, 0.6) is 0 Å². The summed E-state index contributed by atoms with van der Waals surface area (Å²) in [5.41, 5.74) is 5.50. The maximum Gasteiger partial charge on any atom is 0.150 e. The highest BCUT2D eigenvalue weighted by Crippen LogP contribution is 2.29. The first-order valence-electron chi connectivity index (χ1n) is 5.50. The maximum atomic E-state index is 13.7. The molecule has 0 aliphatic carbocycles. The number of hydrogen-bond acceptors (Lipinski definition) is 3. The predicted molar refractivity (Wildman–Crippen MR) is 60.4 cm³/mol. The van der Waals surface area contributed by atoms with Crippen LogP contribution < -0.4 is 10.6 Å². The monoisotopic (exact) mass is 237 g/mol. The van der Waals surface area contributed by atoms with E-state index in [9.17, 15) is 8.78 Å². The topological polar surface area (TPSA) is 53.0 Å². The average molecular weight is 237 g/mol. The molecular weight excluding hydrogens is 224 g/mol. The van der Waals surface area contributed by atoms with Gasteiger partial charge >= 0.3 is 0 Å². The second kappa shape index (κ2) is 4.68. The van der Waals surface area contributed by atoms with Crippen molar-refractivity contribution in [1.29, 1.82) is 5.26 Å². The van der Waals surface area contributed by atoms with E-state index in [1.165, 1.54) is 0 Å². The molecule has 5 heteroatoms. The summed E-state index contributed by atoms with van der Waals surface area (Å²) in [4.78, 5) is 1.66. The van der Waals surface area contributed by atoms with Gasteiger partial charge in [-0.05, 0) is 31.0 Å². The zero-order valence-corrected chi connectivity index (χ0v) is 9.29. The molecule has 1 aliphatic heterocycles. The van der Waals surface area contributed by atoms with E-state index in [1.807, 2.05) is 0 Å². The highest BCUT2D eigenvalue weighted by Gasteiger charge is 2.26. The van der Waals surface area contributed by atoms with Gasteiger partial charge in [-0.3, -0.25) is 0 Å². The molecule has 0 saturated carbocycles. The molecule has 0 aromatic heterocycles. The molecule has 1 aromatic carbocycles. The van der Waals surface area contributed by atoms with Crippen LogP contribution in [0.1, 0.15) is 12.0 Å². The summed E-state index contributed by atoms with van der Waals surface area (Å²) in [6.45, 7) is 1.69. The normalized spacial score (nSPS) is 19.4. The second-order valence-electron chi connectivity index (χ2n) is 4.24. The van der Waals surface area contributed by atoms with E-state index in [1.54, 1.807) is 11.0 Å². The molecule has 2 rings (SSSR count). The third-order valence-corrected chi connectivity index (χ3v) is 3.08. The van der Waals surface area contributed by atoms with Gasteiger partial charge in [0, 0.05) is 13.1 Å². The minimum atomic E-state index is -0.681. The minimum absolute atomic E-state index is 0.00155. The van der Waals surface area contributed by atoms with E-state index in [-0.39, 0.29) is 17.2 Å². The third-order valence-electron chi connectivity index (χ3n) is 3.08. The third kappa shape index (κ3) is 2.22. The van der Waals surface area contributed by atoms with E-state index in [0.29, 0.717) is 19.6 Å². The van der Waals surface area contributed by atoms with E-state index >= 15 is 0 Å². The first-order chi connectivity index (χ1) is 8.15. The zero-order chi connectivity index (χ0) is 12.4. The van der Waals surface area contributed by atoms with Crippen molar-refractivity contribution in [3.63, 3.8) is 0 Å². The largest absolute Gasteiger partial charge is 0.366 e. The van der Waals surface area contributed by atoms with Gasteiger partial charge in [0.1, 0.15) is 5.69 Å². The van der Waals surface area contributed by atoms with Crippen molar-refractivity contribution >= 4 is 5.69 Å². The average Bonchev–Trinajstić information content (AvgIpc) is 2.76. The van der Waals surface area contributed by atoms with E-state index in [2.05, 4.69) is 0 Å². The predicted octanol–water partition coefficient (Wildman–Crippen LogP) is 1.62. The van der Waals surface area contributed by atoms with Crippen molar-refractivity contribution in [2.75, 3.05) is 24.5 Å². The van der Waals surface area contributed by atoms with E-state index in [0.717, 1.165) is 18.6 Å². The van der Waals surface area contributed by atoms with Crippen LogP contribution in [-0.4, -0.2) is 19.6 Å². The molecule has 17 heavy (non-hydrogen) atoms. The first-order valence-corrected chi connectivity index (χ1v) is 5.50. The van der Waals surface area contributed by atoms with Crippen LogP contribution in [-0.2, 0) is 0 Å². The summed E-state index contributed by atoms with van der Waals surface area (Å²) in [5.74, 6) is -1.08. The molecule has 1 atom stereocenters. The maximum absolute atomic E-state index is 13.7. The molecule has 3 nitrogen and oxygen atoms in total. The number of nitriles is 1. The summed E-state index contributed by atoms with van der Waals surface area (Å²) in [6, 6.07) is 3.86. The smallest absolute Gasteiger partial charge is 0.150 e. The van der Waals surface area contributed by atoms with E-state index in [4.69, 9.17) is 11.0 Å². The Kier molecular flexibility index (Phi) is 3.25. The van der Waals surface area contributed by atoms with Crippen LogP contribution in [0.2, 0.25) is 0 Å². The number of benzene rings is 1. The lowest BCUT2D eigenvalue weighted by atomic mass is 10.1. The van der Waals surface area contributed by atoms with Crippen molar-refractivity contribution in [3.05, 3.63) is 29.3 Å². The Bertz CT molecular complexity index is 444. The Balaban J connectivity index is 2.31. The van der Waals surface area contributed by atoms with Crippen LogP contribution in [0, 0.1) is 28.9 Å². The Morgan fingerprint density at radius 2 is 2.06 bits per heavy atom. The quantitative estimate of drug-likeness (QED) is 0.850. The molecule has 1 saturated heterocycles. The summed E-state index contributed by atoms with van der Waals surface area (Å²) < 4.78 is 27.4. The van der Waals surface area contributed by atoms with Crippen LogP contribution in [0.4, 0.5) is 14.5 Å². The number of rotatable bonds is 2. The van der Waals surface area contributed by atoms with Gasteiger partial charge in [0.05, 0.1) is 11.6 Å². The molecule has 0 radical (unpaired) electrons. The molecule has 1 aromatic rings. The number of nitrogens with zero attached hydrogens (tertiary/aromatic N) is 2. The van der Waals surface area contributed by atoms with Gasteiger partial charge in [-0.1, -0.05) is 0 Å². The van der Waals surface area contributed by atoms with Gasteiger partial charge in [-0.25, -0.2) is 8.78 Å². The zero-order valence-electron chi connectivity index (χ0n) is 9.29. The second-order valence-corrected chi connectivity index (χ2v) is 4.24. The lowest BCUT2D eigenvalue weighted by Crippen LogP contribution is -2.24. The Morgan fingerprint density at radius 3 is 2.53 bits per heavy atom. The van der Waals surface area contributed by atoms with Gasteiger partial charge in [0.2, 0.25) is 0 Å². The molecule has 90 valence electrons. The van der Waals surface area contributed by atoms with Crippen molar-refractivity contribution in [3.8, 4) is 6.07 Å². The molecule has 0 bridgehead atoms. The van der Waals surface area contributed by atoms with Gasteiger partial charge in [-0.15, -0.1) is 0 Å². The van der Waals surface area contributed by atoms with Gasteiger partial charge < -0.3 is 10.6 Å². The fourth-order valence-corrected chi connectivity index (χ4v) is 2.16. The van der Waals surface area contributed by atoms with Crippen molar-refractivity contribution in [1.82, 2.24) is 0 Å². The Hall–Kier alpha value is -1.67. The summed E-state index contributed by atoms with van der Waals surface area (Å²) >= 11 is 0. The molecule has 0 amide bonds. The first kappa shape index (κ1) is 11.8. The summed E-state index contributed by atoms with van der Waals surface area (Å²) in [6.07, 6.45) is 0.843. The molecule has 1 heterocycles. The van der Waals surface area contributed by atoms with E-state index < -0.39 is 11.6 Å². The molecular formula is C12H13F2N3. The van der Waals surface area contributed by atoms with Crippen LogP contribution in [0.15, 0.2) is 12.1 Å². The number of nitrogens with two attached hydrogens (primary N) is 1. The van der Waals surface area contributed by atoms with Crippen LogP contribution in [0.3, 0.4) is 0 Å². The Labute approximate surface area is 98.4 Å². The van der Waals surface area contributed by atoms with Gasteiger partial charge in [0.15, 0.2) is 11.6 Å². The highest BCUT2D eigenvalue weighted by molar-refractivity contribution is 5.53. The molecule has 1 aliphatic rings. The van der Waals surface area contributed by atoms with Crippen molar-refractivity contribution in [2.45, 2.75) is 6.42 Å². The molecule has 1 fully saturated rings. The van der Waals surface area contributed by atoms with Crippen molar-refractivity contribution in [2.24, 2.45) is 11.7 Å². The Morgan fingerprint density at radius 1 is 1.41 bits per heavy atom. The fraction of sp³-hybridized carbons (Fsp3) is 0.417. The fourth-order valence-electron chi connectivity index (χ4n) is 2.16. The standard InChI is InChI=1S/C12H13F2N3/c13-10-3-9(6-16)4-11(14)12(10)17-2-1-8(5-15)7-17/h3-4,8H,1-2,5,7,15H2. The van der Waals surface area contributed by atoms with Crippen LogP contribution in [0.25, 0.3) is 0 Å². The molecule has 0 spiro atoms. The van der Waals surface area contributed by atoms with Crippen LogP contribution >= 0.6 is 0 Å². The number of anilines is 1. The number of hydrogen-bond donors (Lipinski definition) is 1. The lowest BCUT2D eigenvalue weighted by molar-refractivity contribution is 0.570.